The van der Waals surface area contributed by atoms with E-state index in [4.69, 9.17) is 9.84 Å². The molecule has 7 nitrogen and oxygen atoms in total. The summed E-state index contributed by atoms with van der Waals surface area (Å²) in [6.07, 6.45) is 2.00. The number of carbonyl (C=O) groups excluding carboxylic acids is 1. The Balaban J connectivity index is 1.52. The second-order valence-electron chi connectivity index (χ2n) is 9.87. The first-order chi connectivity index (χ1) is 19.4. The molecule has 0 spiro atoms. The molecule has 3 aromatic carbocycles. The van der Waals surface area contributed by atoms with E-state index < -0.39 is 6.04 Å². The minimum absolute atomic E-state index is 0.291. The zero-order valence-corrected chi connectivity index (χ0v) is 22.6. The third kappa shape index (κ3) is 4.51. The van der Waals surface area contributed by atoms with E-state index in [0.29, 0.717) is 24.4 Å². The maximum absolute atomic E-state index is 14.4. The van der Waals surface area contributed by atoms with Gasteiger partial charge < -0.3 is 19.5 Å². The molecular weight excluding hydrogens is 505 g/mol. The van der Waals surface area contributed by atoms with Crippen LogP contribution in [-0.2, 0) is 6.54 Å². The zero-order valence-electron chi connectivity index (χ0n) is 22.6. The van der Waals surface area contributed by atoms with Crippen LogP contribution in [0.4, 0.5) is 14.9 Å². The van der Waals surface area contributed by atoms with Gasteiger partial charge in [-0.2, -0.15) is 5.10 Å². The number of hydrogen-bond donors (Lipinski definition) is 1. The number of rotatable bonds is 5. The van der Waals surface area contributed by atoms with Crippen LogP contribution < -0.4 is 10.1 Å². The van der Waals surface area contributed by atoms with Gasteiger partial charge in [0, 0.05) is 17.4 Å². The van der Waals surface area contributed by atoms with Crippen molar-refractivity contribution in [2.24, 2.45) is 0 Å². The number of para-hydroxylation sites is 1. The molecule has 0 radical (unpaired) electrons. The topological polar surface area (TPSA) is 64.3 Å². The molecule has 2 amide bonds. The van der Waals surface area contributed by atoms with Crippen molar-refractivity contribution in [1.29, 1.82) is 0 Å². The molecule has 0 aliphatic carbocycles. The highest BCUT2D eigenvalue weighted by Crippen LogP contribution is 2.39. The van der Waals surface area contributed by atoms with Crippen molar-refractivity contribution in [2.75, 3.05) is 11.9 Å². The van der Waals surface area contributed by atoms with Crippen LogP contribution in [0.25, 0.3) is 11.5 Å². The van der Waals surface area contributed by atoms with Gasteiger partial charge in [-0.25, -0.2) is 13.9 Å². The van der Waals surface area contributed by atoms with Gasteiger partial charge in [-0.1, -0.05) is 36.4 Å². The maximum Gasteiger partial charge on any atom is 0.322 e. The van der Waals surface area contributed by atoms with Gasteiger partial charge in [0.1, 0.15) is 17.4 Å². The lowest BCUT2D eigenvalue weighted by Crippen LogP contribution is -2.38. The molecule has 0 saturated carbocycles. The predicted molar refractivity (Wildman–Crippen MR) is 153 cm³/mol. The third-order valence-electron chi connectivity index (χ3n) is 7.26. The number of anilines is 1. The standard InChI is InChI=1S/C32H30FN5O2/c1-4-40-26-13-8-10-23(18-26)30-29-14-9-17-36(29)31-27(22(3)35-38(31)25-11-6-5-7-12-25)20-37(30)32(39)34-24-16-15-21(2)28(33)19-24/h5-19,30H,4,20H2,1-3H3,(H,34,39)/t30-/m0/s1. The Morgan fingerprint density at radius 1 is 1.02 bits per heavy atom. The number of nitrogens with one attached hydrogen (secondary N) is 1. The number of benzene rings is 3. The van der Waals surface area contributed by atoms with E-state index in [-0.39, 0.29) is 11.8 Å². The summed E-state index contributed by atoms with van der Waals surface area (Å²) in [5.41, 5.74) is 5.38. The fraction of sp³-hybridized carbons (Fsp3) is 0.188. The van der Waals surface area contributed by atoms with Crippen LogP contribution in [0.2, 0.25) is 0 Å². The number of hydrogen-bond acceptors (Lipinski definition) is 3. The van der Waals surface area contributed by atoms with Gasteiger partial charge in [-0.15, -0.1) is 0 Å². The molecule has 6 rings (SSSR count). The van der Waals surface area contributed by atoms with E-state index in [9.17, 15) is 9.18 Å². The Bertz CT molecular complexity index is 1690. The van der Waals surface area contributed by atoms with Gasteiger partial charge >= 0.3 is 6.03 Å². The first-order valence-electron chi connectivity index (χ1n) is 13.3. The summed E-state index contributed by atoms with van der Waals surface area (Å²) in [6, 6.07) is 25.7. The van der Waals surface area contributed by atoms with E-state index in [1.54, 1.807) is 24.0 Å². The van der Waals surface area contributed by atoms with Crippen LogP contribution >= 0.6 is 0 Å². The Hall–Kier alpha value is -4.85. The van der Waals surface area contributed by atoms with E-state index >= 15 is 0 Å². The average molecular weight is 536 g/mol. The smallest absolute Gasteiger partial charge is 0.322 e. The summed E-state index contributed by atoms with van der Waals surface area (Å²) in [5.74, 6) is 1.24. The molecule has 0 unspecified atom stereocenters. The van der Waals surface area contributed by atoms with Crippen LogP contribution in [-0.4, -0.2) is 31.9 Å². The summed E-state index contributed by atoms with van der Waals surface area (Å²) < 4.78 is 24.2. The Labute approximate surface area is 232 Å². The molecule has 202 valence electrons. The van der Waals surface area contributed by atoms with Crippen LogP contribution in [0, 0.1) is 19.7 Å². The summed E-state index contributed by atoms with van der Waals surface area (Å²) in [6.45, 7) is 6.42. The number of aryl methyl sites for hydroxylation is 2. The summed E-state index contributed by atoms with van der Waals surface area (Å²) in [4.78, 5) is 15.8. The van der Waals surface area contributed by atoms with Crippen LogP contribution in [0.15, 0.2) is 91.1 Å². The molecule has 40 heavy (non-hydrogen) atoms. The lowest BCUT2D eigenvalue weighted by Gasteiger charge is -2.31. The molecule has 0 saturated heterocycles. The minimum Gasteiger partial charge on any atom is -0.494 e. The first kappa shape index (κ1) is 25.4. The SMILES string of the molecule is CCOc1cccc([C@H]2c3cccn3-c3c(c(C)nn3-c3ccccc3)CN2C(=O)Nc2ccc(C)c(F)c2)c1. The minimum atomic E-state index is -0.457. The van der Waals surface area contributed by atoms with Crippen molar-refractivity contribution in [2.45, 2.75) is 33.4 Å². The molecule has 3 heterocycles. The quantitative estimate of drug-likeness (QED) is 0.265. The number of carbonyl (C=O) groups is 1. The van der Waals surface area contributed by atoms with Crippen molar-refractivity contribution in [3.05, 3.63) is 125 Å². The molecule has 2 aromatic heterocycles. The van der Waals surface area contributed by atoms with E-state index in [0.717, 1.165) is 39.8 Å². The number of aromatic nitrogens is 3. The number of halogens is 1. The second kappa shape index (κ2) is 10.4. The fourth-order valence-electron chi connectivity index (χ4n) is 5.31. The number of fused-ring (bicyclic) bond motifs is 3. The van der Waals surface area contributed by atoms with E-state index in [1.807, 2.05) is 91.5 Å². The largest absolute Gasteiger partial charge is 0.494 e. The van der Waals surface area contributed by atoms with E-state index in [1.165, 1.54) is 6.07 Å². The predicted octanol–water partition coefficient (Wildman–Crippen LogP) is 6.95. The van der Waals surface area contributed by atoms with Gasteiger partial charge in [0.15, 0.2) is 0 Å². The van der Waals surface area contributed by atoms with Crippen molar-refractivity contribution < 1.29 is 13.9 Å². The molecule has 1 atom stereocenters. The van der Waals surface area contributed by atoms with Gasteiger partial charge in [-0.05, 0) is 80.4 Å². The molecule has 0 fully saturated rings. The third-order valence-corrected chi connectivity index (χ3v) is 7.26. The van der Waals surface area contributed by atoms with Gasteiger partial charge in [0.2, 0.25) is 0 Å². The normalized spacial score (nSPS) is 14.3. The van der Waals surface area contributed by atoms with Gasteiger partial charge in [-0.3, -0.25) is 0 Å². The Morgan fingerprint density at radius 3 is 2.62 bits per heavy atom. The molecule has 0 bridgehead atoms. The van der Waals surface area contributed by atoms with Crippen molar-refractivity contribution in [3.8, 4) is 17.3 Å². The second-order valence-corrected chi connectivity index (χ2v) is 9.87. The lowest BCUT2D eigenvalue weighted by molar-refractivity contribution is 0.194. The zero-order chi connectivity index (χ0) is 27.8. The van der Waals surface area contributed by atoms with Crippen molar-refractivity contribution in [1.82, 2.24) is 19.2 Å². The molecular formula is C32H30FN5O2. The molecule has 8 heteroatoms. The number of urea groups is 1. The number of ether oxygens (including phenoxy) is 1. The molecule has 1 N–H and O–H groups in total. The van der Waals surface area contributed by atoms with Crippen LogP contribution in [0.3, 0.4) is 0 Å². The lowest BCUT2D eigenvalue weighted by atomic mass is 10.0. The highest BCUT2D eigenvalue weighted by atomic mass is 19.1. The molecule has 5 aromatic rings. The highest BCUT2D eigenvalue weighted by molar-refractivity contribution is 5.90. The van der Waals surface area contributed by atoms with Crippen LogP contribution in [0.1, 0.15) is 41.0 Å². The summed E-state index contributed by atoms with van der Waals surface area (Å²) in [7, 11) is 0. The number of amides is 2. The fourth-order valence-corrected chi connectivity index (χ4v) is 5.31. The Kier molecular flexibility index (Phi) is 6.59. The average Bonchev–Trinajstić information content (AvgIpc) is 3.52. The summed E-state index contributed by atoms with van der Waals surface area (Å²) >= 11 is 0. The Morgan fingerprint density at radius 2 is 1.85 bits per heavy atom. The molecule has 1 aliphatic heterocycles. The molecule has 1 aliphatic rings. The van der Waals surface area contributed by atoms with Crippen LogP contribution in [0.5, 0.6) is 5.75 Å². The van der Waals surface area contributed by atoms with Gasteiger partial charge in [0.25, 0.3) is 0 Å². The summed E-state index contributed by atoms with van der Waals surface area (Å²) in [5, 5.41) is 7.82. The van der Waals surface area contributed by atoms with Gasteiger partial charge in [0.05, 0.1) is 36.3 Å². The maximum atomic E-state index is 14.4. The first-order valence-corrected chi connectivity index (χ1v) is 13.3. The highest BCUT2D eigenvalue weighted by Gasteiger charge is 2.36. The number of nitrogens with zero attached hydrogens (tertiary/aromatic N) is 4. The van der Waals surface area contributed by atoms with E-state index in [2.05, 4.69) is 9.88 Å². The van der Waals surface area contributed by atoms with Crippen molar-refractivity contribution in [3.63, 3.8) is 0 Å². The monoisotopic (exact) mass is 535 g/mol. The van der Waals surface area contributed by atoms with Crippen molar-refractivity contribution >= 4 is 11.7 Å².